The zero-order valence-corrected chi connectivity index (χ0v) is 28.1. The number of rotatable bonds is 12. The molecule has 0 aliphatic heterocycles. The molecule has 1 atom stereocenters. The quantitative estimate of drug-likeness (QED) is 0.127. The minimum atomic E-state index is -0.910. The van der Waals surface area contributed by atoms with Gasteiger partial charge in [-0.1, -0.05) is 90.4 Å². The molecule has 0 bridgehead atoms. The highest BCUT2D eigenvalue weighted by atomic mass is 35.5. The average Bonchev–Trinajstić information content (AvgIpc) is 3.00. The summed E-state index contributed by atoms with van der Waals surface area (Å²) in [7, 11) is 0. The summed E-state index contributed by atoms with van der Waals surface area (Å²) in [5, 5.41) is 21.6. The van der Waals surface area contributed by atoms with E-state index in [2.05, 4.69) is 68.9 Å². The van der Waals surface area contributed by atoms with Crippen LogP contribution >= 0.6 is 11.6 Å². The van der Waals surface area contributed by atoms with Crippen LogP contribution in [0.4, 0.5) is 27.5 Å². The fourth-order valence-electron chi connectivity index (χ4n) is 4.62. The fourth-order valence-corrected chi connectivity index (χ4v) is 4.87. The van der Waals surface area contributed by atoms with E-state index < -0.39 is 29.7 Å². The van der Waals surface area contributed by atoms with E-state index in [0.29, 0.717) is 17.9 Å². The lowest BCUT2D eigenvalue weighted by molar-refractivity contribution is -0.123. The van der Waals surface area contributed by atoms with Crippen molar-refractivity contribution < 1.29 is 24.2 Å². The second-order valence-electron chi connectivity index (χ2n) is 12.3. The van der Waals surface area contributed by atoms with E-state index in [1.165, 1.54) is 18.6 Å². The van der Waals surface area contributed by atoms with Crippen LogP contribution in [0.25, 0.3) is 0 Å². The third-order valence-electron chi connectivity index (χ3n) is 8.27. The van der Waals surface area contributed by atoms with Gasteiger partial charge in [-0.3, -0.25) is 9.59 Å². The van der Waals surface area contributed by atoms with Gasteiger partial charge in [-0.15, -0.1) is 0 Å². The number of para-hydroxylation sites is 1. The first-order chi connectivity index (χ1) is 21.1. The smallest absolute Gasteiger partial charge is 0.323 e. The van der Waals surface area contributed by atoms with E-state index in [1.807, 2.05) is 19.1 Å². The zero-order chi connectivity index (χ0) is 33.5. The van der Waals surface area contributed by atoms with Gasteiger partial charge in [0, 0.05) is 18.2 Å². The number of hydrogen-bond donors (Lipinski definition) is 5. The molecule has 3 rings (SSSR count). The lowest BCUT2D eigenvalue weighted by Gasteiger charge is -2.31. The van der Waals surface area contributed by atoms with Gasteiger partial charge in [-0.25, -0.2) is 4.79 Å². The van der Waals surface area contributed by atoms with Crippen LogP contribution in [0.3, 0.4) is 0 Å². The Morgan fingerprint density at radius 2 is 1.49 bits per heavy atom. The number of amides is 4. The molecule has 242 valence electrons. The number of aromatic hydroxyl groups is 1. The third kappa shape index (κ3) is 8.69. The first-order valence-corrected chi connectivity index (χ1v) is 15.6. The summed E-state index contributed by atoms with van der Waals surface area (Å²) in [5.74, 6) is -0.872. The molecule has 0 fully saturated rings. The standard InChI is InChI=1S/C35H45ClN4O5/c1-9-27(45-28-18-17-22(34(5,6)10-2)19-24(28)35(7,8)11-3)32(43)39-26-20-25(36)29(37-21(4)41)30(31(26)42)40-33(44)38-23-15-13-12-14-16-23/h12-20,27,42H,9-11H2,1-8H3,(H,37,41)(H,39,43)(H2,38,40,44). The zero-order valence-electron chi connectivity index (χ0n) is 27.4. The maximum atomic E-state index is 13.6. The predicted octanol–water partition coefficient (Wildman–Crippen LogP) is 8.82. The second-order valence-corrected chi connectivity index (χ2v) is 12.7. The maximum Gasteiger partial charge on any atom is 0.323 e. The summed E-state index contributed by atoms with van der Waals surface area (Å²) in [4.78, 5) is 38.3. The largest absolute Gasteiger partial charge is 0.504 e. The second kappa shape index (κ2) is 14.7. The molecule has 5 N–H and O–H groups in total. The van der Waals surface area contributed by atoms with Gasteiger partial charge in [0.25, 0.3) is 5.91 Å². The predicted molar refractivity (Wildman–Crippen MR) is 183 cm³/mol. The van der Waals surface area contributed by atoms with Crippen LogP contribution < -0.4 is 26.0 Å². The molecule has 0 saturated heterocycles. The van der Waals surface area contributed by atoms with Crippen LogP contribution in [0.1, 0.15) is 85.8 Å². The summed E-state index contributed by atoms with van der Waals surface area (Å²) >= 11 is 6.49. The van der Waals surface area contributed by atoms with Gasteiger partial charge in [-0.05, 0) is 59.9 Å². The topological polar surface area (TPSA) is 129 Å². The van der Waals surface area contributed by atoms with E-state index >= 15 is 0 Å². The summed E-state index contributed by atoms with van der Waals surface area (Å²) in [6.45, 7) is 16.1. The molecule has 0 aliphatic rings. The SMILES string of the molecule is CCC(Oc1ccc(C(C)(C)CC)cc1C(C)(C)CC)C(=O)Nc1cc(Cl)c(NC(C)=O)c(NC(=O)Nc2ccccc2)c1O. The number of anilines is 4. The number of benzene rings is 3. The highest BCUT2D eigenvalue weighted by Crippen LogP contribution is 2.44. The Labute approximate surface area is 271 Å². The van der Waals surface area contributed by atoms with Crippen molar-refractivity contribution in [3.8, 4) is 11.5 Å². The Kier molecular flexibility index (Phi) is 11.5. The number of carbonyl (C=O) groups excluding carboxylic acids is 3. The molecular formula is C35H45ClN4O5. The van der Waals surface area contributed by atoms with Crippen LogP contribution in [-0.4, -0.2) is 29.1 Å². The van der Waals surface area contributed by atoms with E-state index in [9.17, 15) is 19.5 Å². The molecule has 9 nitrogen and oxygen atoms in total. The van der Waals surface area contributed by atoms with Crippen LogP contribution in [-0.2, 0) is 20.4 Å². The Morgan fingerprint density at radius 1 is 0.844 bits per heavy atom. The molecule has 3 aromatic carbocycles. The molecule has 10 heteroatoms. The monoisotopic (exact) mass is 636 g/mol. The fraction of sp³-hybridized carbons (Fsp3) is 0.400. The van der Waals surface area contributed by atoms with Crippen LogP contribution in [0, 0.1) is 0 Å². The molecule has 0 aliphatic carbocycles. The van der Waals surface area contributed by atoms with Gasteiger partial charge in [0.15, 0.2) is 11.9 Å². The van der Waals surface area contributed by atoms with Crippen molar-refractivity contribution in [2.45, 2.75) is 91.6 Å². The first kappa shape index (κ1) is 35.2. The lowest BCUT2D eigenvalue weighted by Crippen LogP contribution is -2.33. The number of halogens is 1. The molecule has 0 radical (unpaired) electrons. The molecule has 3 aromatic rings. The number of phenols is 1. The minimum Gasteiger partial charge on any atom is -0.504 e. The molecule has 0 spiro atoms. The summed E-state index contributed by atoms with van der Waals surface area (Å²) in [6, 6.07) is 15.4. The van der Waals surface area contributed by atoms with Gasteiger partial charge >= 0.3 is 6.03 Å². The van der Waals surface area contributed by atoms with Crippen molar-refractivity contribution in [1.29, 1.82) is 0 Å². The van der Waals surface area contributed by atoms with Gasteiger partial charge in [0.2, 0.25) is 5.91 Å². The number of urea groups is 1. The molecule has 45 heavy (non-hydrogen) atoms. The van der Waals surface area contributed by atoms with Gasteiger partial charge < -0.3 is 31.1 Å². The average molecular weight is 637 g/mol. The number of phenolic OH excluding ortho intramolecular Hbond substituents is 1. The molecule has 0 aromatic heterocycles. The minimum absolute atomic E-state index is 0.0108. The summed E-state index contributed by atoms with van der Waals surface area (Å²) in [5.41, 5.74) is 2.21. The van der Waals surface area contributed by atoms with Crippen molar-refractivity contribution in [1.82, 2.24) is 0 Å². The van der Waals surface area contributed by atoms with E-state index in [0.717, 1.165) is 18.4 Å². The molecular weight excluding hydrogens is 592 g/mol. The van der Waals surface area contributed by atoms with E-state index in [-0.39, 0.29) is 32.9 Å². The molecule has 0 heterocycles. The lowest BCUT2D eigenvalue weighted by atomic mass is 9.76. The normalized spacial score (nSPS) is 12.2. The molecule has 1 unspecified atom stereocenters. The highest BCUT2D eigenvalue weighted by molar-refractivity contribution is 6.35. The Hall–Kier alpha value is -4.24. The van der Waals surface area contributed by atoms with Gasteiger partial charge in [0.1, 0.15) is 11.4 Å². The molecule has 0 saturated carbocycles. The highest BCUT2D eigenvalue weighted by Gasteiger charge is 2.30. The van der Waals surface area contributed by atoms with Crippen molar-refractivity contribution in [3.05, 3.63) is 70.7 Å². The molecule has 4 amide bonds. The number of ether oxygens (including phenoxy) is 1. The Morgan fingerprint density at radius 3 is 2.07 bits per heavy atom. The number of hydrogen-bond acceptors (Lipinski definition) is 5. The third-order valence-corrected chi connectivity index (χ3v) is 8.57. The van der Waals surface area contributed by atoms with Gasteiger partial charge in [0.05, 0.1) is 16.4 Å². The number of nitrogens with one attached hydrogen (secondary N) is 4. The van der Waals surface area contributed by atoms with Crippen LogP contribution in [0.15, 0.2) is 54.6 Å². The first-order valence-electron chi connectivity index (χ1n) is 15.2. The van der Waals surface area contributed by atoms with E-state index in [4.69, 9.17) is 16.3 Å². The van der Waals surface area contributed by atoms with Crippen molar-refractivity contribution in [3.63, 3.8) is 0 Å². The van der Waals surface area contributed by atoms with Crippen molar-refractivity contribution >= 4 is 52.2 Å². The number of carbonyl (C=O) groups is 3. The van der Waals surface area contributed by atoms with Crippen molar-refractivity contribution in [2.24, 2.45) is 0 Å². The summed E-state index contributed by atoms with van der Waals surface area (Å²) in [6.07, 6.45) is 1.26. The maximum absolute atomic E-state index is 13.6. The van der Waals surface area contributed by atoms with Crippen LogP contribution in [0.2, 0.25) is 5.02 Å². The van der Waals surface area contributed by atoms with Crippen LogP contribution in [0.5, 0.6) is 11.5 Å². The van der Waals surface area contributed by atoms with Gasteiger partial charge in [-0.2, -0.15) is 0 Å². The Balaban J connectivity index is 1.95. The van der Waals surface area contributed by atoms with E-state index in [1.54, 1.807) is 30.3 Å². The summed E-state index contributed by atoms with van der Waals surface area (Å²) < 4.78 is 6.36. The Bertz CT molecular complexity index is 1540. The van der Waals surface area contributed by atoms with Crippen molar-refractivity contribution in [2.75, 3.05) is 21.3 Å².